The van der Waals surface area contributed by atoms with Gasteiger partial charge in [-0.05, 0) is 25.7 Å². The molecule has 0 aromatic heterocycles. The summed E-state index contributed by atoms with van der Waals surface area (Å²) in [6, 6.07) is -0.815. The number of hydrogen-bond acceptors (Lipinski definition) is 8. The van der Waals surface area contributed by atoms with Crippen molar-refractivity contribution in [1.82, 2.24) is 5.32 Å². The number of aliphatic hydroxyl groups is 5. The predicted molar refractivity (Wildman–Crippen MR) is 217 cm³/mol. The molecule has 0 aromatic rings. The Hall–Kier alpha value is -1.33. The Morgan fingerprint density at radius 1 is 0.623 bits per heavy atom. The fourth-order valence-electron chi connectivity index (χ4n) is 6.96. The monoisotopic (exact) mass is 754 g/mol. The fraction of sp³-hybridized carbons (Fsp3) is 0.886. The van der Waals surface area contributed by atoms with Gasteiger partial charge in [-0.25, -0.2) is 0 Å². The van der Waals surface area contributed by atoms with E-state index in [0.717, 1.165) is 19.3 Å². The van der Waals surface area contributed by atoms with Crippen LogP contribution in [0.2, 0.25) is 0 Å². The van der Waals surface area contributed by atoms with Gasteiger partial charge < -0.3 is 40.3 Å². The van der Waals surface area contributed by atoms with Crippen molar-refractivity contribution in [1.29, 1.82) is 0 Å². The van der Waals surface area contributed by atoms with Gasteiger partial charge in [0.2, 0.25) is 5.91 Å². The van der Waals surface area contributed by atoms with Crippen LogP contribution in [0.5, 0.6) is 0 Å². The van der Waals surface area contributed by atoms with E-state index in [9.17, 15) is 30.3 Å². The summed E-state index contributed by atoms with van der Waals surface area (Å²) in [6.45, 7) is 3.21. The third kappa shape index (κ3) is 26.2. The Morgan fingerprint density at radius 2 is 1.06 bits per heavy atom. The zero-order valence-corrected chi connectivity index (χ0v) is 34.0. The average molecular weight is 754 g/mol. The van der Waals surface area contributed by atoms with Gasteiger partial charge in [-0.2, -0.15) is 0 Å². The molecule has 0 aromatic carbocycles. The van der Waals surface area contributed by atoms with Gasteiger partial charge in [-0.1, -0.05) is 186 Å². The Bertz CT molecular complexity index is 883. The van der Waals surface area contributed by atoms with E-state index >= 15 is 0 Å². The molecule has 1 saturated heterocycles. The minimum Gasteiger partial charge on any atom is -0.394 e. The number of rotatable bonds is 36. The zero-order chi connectivity index (χ0) is 38.8. The lowest BCUT2D eigenvalue weighted by Gasteiger charge is -2.40. The molecule has 1 amide bonds. The van der Waals surface area contributed by atoms with Gasteiger partial charge in [0.05, 0.1) is 25.4 Å². The van der Waals surface area contributed by atoms with Gasteiger partial charge in [0, 0.05) is 6.42 Å². The molecule has 0 saturated carbocycles. The molecule has 7 unspecified atom stereocenters. The molecule has 0 aliphatic carbocycles. The molecule has 7 atom stereocenters. The minimum atomic E-state index is -1.56. The number of amides is 1. The summed E-state index contributed by atoms with van der Waals surface area (Å²) in [4.78, 5) is 12.0. The van der Waals surface area contributed by atoms with Gasteiger partial charge in [-0.3, -0.25) is 4.79 Å². The van der Waals surface area contributed by atoms with Crippen molar-refractivity contribution in [2.45, 2.75) is 236 Å². The molecule has 312 valence electrons. The van der Waals surface area contributed by atoms with Crippen molar-refractivity contribution in [2.75, 3.05) is 13.2 Å². The van der Waals surface area contributed by atoms with Crippen LogP contribution in [-0.2, 0) is 14.3 Å². The minimum absolute atomic E-state index is 0.209. The van der Waals surface area contributed by atoms with Crippen molar-refractivity contribution < 1.29 is 39.8 Å². The van der Waals surface area contributed by atoms with Crippen LogP contribution < -0.4 is 5.32 Å². The van der Waals surface area contributed by atoms with E-state index in [1.165, 1.54) is 154 Å². The molecule has 53 heavy (non-hydrogen) atoms. The summed E-state index contributed by atoms with van der Waals surface area (Å²) in [5.74, 6) is -0.275. The zero-order valence-electron chi connectivity index (χ0n) is 34.0. The first-order valence-corrected chi connectivity index (χ1v) is 22.1. The standard InChI is InChI=1S/C44H83NO8/c1-3-5-6-7-8-9-10-11-12-13-14-15-16-17-18-19-20-21-22-23-24-25-26-27-28-29-30-31-32-33-34-38(47)37(45-40(48)4-2)36-52-44-43(51)42(50)41(49)39(35-46)53-44/h29-30,33-34,37-39,41-44,46-47,49-51H,3-28,31-32,35-36H2,1-2H3,(H,45,48)/b30-29+,34-33+. The molecule has 0 spiro atoms. The molecule has 1 fully saturated rings. The first-order valence-electron chi connectivity index (χ1n) is 22.1. The molecule has 0 bridgehead atoms. The van der Waals surface area contributed by atoms with Crippen molar-refractivity contribution in [2.24, 2.45) is 0 Å². The van der Waals surface area contributed by atoms with Crippen LogP contribution >= 0.6 is 0 Å². The molecule has 6 N–H and O–H groups in total. The maximum absolute atomic E-state index is 12.0. The number of aliphatic hydroxyl groups excluding tert-OH is 5. The Morgan fingerprint density at radius 3 is 1.51 bits per heavy atom. The largest absolute Gasteiger partial charge is 0.394 e. The second kappa shape index (κ2) is 35.1. The lowest BCUT2D eigenvalue weighted by molar-refractivity contribution is -0.302. The third-order valence-electron chi connectivity index (χ3n) is 10.6. The molecule has 1 aliphatic heterocycles. The number of nitrogens with one attached hydrogen (secondary N) is 1. The van der Waals surface area contributed by atoms with E-state index in [-0.39, 0.29) is 18.9 Å². The van der Waals surface area contributed by atoms with Crippen molar-refractivity contribution >= 4 is 5.91 Å². The Labute approximate surface area is 324 Å². The van der Waals surface area contributed by atoms with Gasteiger partial charge in [-0.15, -0.1) is 0 Å². The molecular formula is C44H83NO8. The van der Waals surface area contributed by atoms with Gasteiger partial charge >= 0.3 is 0 Å². The summed E-state index contributed by atoms with van der Waals surface area (Å²) < 4.78 is 10.9. The van der Waals surface area contributed by atoms with Gasteiger partial charge in [0.25, 0.3) is 0 Å². The maximum Gasteiger partial charge on any atom is 0.220 e. The van der Waals surface area contributed by atoms with E-state index in [4.69, 9.17) is 9.47 Å². The highest BCUT2D eigenvalue weighted by Gasteiger charge is 2.44. The highest BCUT2D eigenvalue weighted by Crippen LogP contribution is 2.22. The van der Waals surface area contributed by atoms with Crippen LogP contribution in [-0.4, -0.2) is 87.5 Å². The summed E-state index contributed by atoms with van der Waals surface area (Å²) in [5, 5.41) is 53.0. The average Bonchev–Trinajstić information content (AvgIpc) is 3.16. The van der Waals surface area contributed by atoms with E-state index < -0.39 is 49.5 Å². The topological polar surface area (TPSA) is 149 Å². The maximum atomic E-state index is 12.0. The molecule has 1 aliphatic rings. The summed E-state index contributed by atoms with van der Waals surface area (Å²) in [6.07, 6.45) is 36.4. The van der Waals surface area contributed by atoms with Crippen LogP contribution in [0.25, 0.3) is 0 Å². The number of carbonyl (C=O) groups excluding carboxylic acids is 1. The summed E-state index contributed by atoms with van der Waals surface area (Å²) in [7, 11) is 0. The molecule has 9 heteroatoms. The number of allylic oxidation sites excluding steroid dienone is 3. The molecule has 1 rings (SSSR count). The Kier molecular flexibility index (Phi) is 32.9. The molecule has 0 radical (unpaired) electrons. The van der Waals surface area contributed by atoms with E-state index in [1.54, 1.807) is 13.0 Å². The molecular weight excluding hydrogens is 670 g/mol. The summed E-state index contributed by atoms with van der Waals surface area (Å²) >= 11 is 0. The smallest absolute Gasteiger partial charge is 0.220 e. The van der Waals surface area contributed by atoms with Gasteiger partial charge in [0.1, 0.15) is 24.4 Å². The van der Waals surface area contributed by atoms with Crippen LogP contribution in [0.3, 0.4) is 0 Å². The normalized spacial score (nSPS) is 21.8. The van der Waals surface area contributed by atoms with E-state index in [1.807, 2.05) is 6.08 Å². The lowest BCUT2D eigenvalue weighted by Crippen LogP contribution is -2.60. The van der Waals surface area contributed by atoms with Crippen LogP contribution in [0.15, 0.2) is 24.3 Å². The number of carbonyl (C=O) groups is 1. The molecule has 9 nitrogen and oxygen atoms in total. The second-order valence-corrected chi connectivity index (χ2v) is 15.4. The number of hydrogen-bond donors (Lipinski definition) is 6. The first-order chi connectivity index (χ1) is 25.8. The van der Waals surface area contributed by atoms with Crippen LogP contribution in [0.1, 0.15) is 194 Å². The van der Waals surface area contributed by atoms with Gasteiger partial charge in [0.15, 0.2) is 6.29 Å². The van der Waals surface area contributed by atoms with Crippen LogP contribution in [0, 0.1) is 0 Å². The molecule has 1 heterocycles. The third-order valence-corrected chi connectivity index (χ3v) is 10.6. The fourth-order valence-corrected chi connectivity index (χ4v) is 6.96. The van der Waals surface area contributed by atoms with Crippen molar-refractivity contribution in [3.63, 3.8) is 0 Å². The van der Waals surface area contributed by atoms with Crippen LogP contribution in [0.4, 0.5) is 0 Å². The van der Waals surface area contributed by atoms with E-state index in [0.29, 0.717) is 0 Å². The lowest BCUT2D eigenvalue weighted by atomic mass is 9.99. The number of ether oxygens (including phenoxy) is 2. The predicted octanol–water partition coefficient (Wildman–Crippen LogP) is 8.72. The Balaban J connectivity index is 1.98. The summed E-state index contributed by atoms with van der Waals surface area (Å²) in [5.41, 5.74) is 0. The van der Waals surface area contributed by atoms with Crippen molar-refractivity contribution in [3.05, 3.63) is 24.3 Å². The highest BCUT2D eigenvalue weighted by atomic mass is 16.7. The first kappa shape index (κ1) is 49.7. The highest BCUT2D eigenvalue weighted by molar-refractivity contribution is 5.75. The van der Waals surface area contributed by atoms with Crippen molar-refractivity contribution in [3.8, 4) is 0 Å². The quantitative estimate of drug-likeness (QED) is 0.0275. The number of unbranched alkanes of at least 4 members (excludes halogenated alkanes) is 25. The second-order valence-electron chi connectivity index (χ2n) is 15.4. The van der Waals surface area contributed by atoms with E-state index in [2.05, 4.69) is 24.4 Å². The SMILES string of the molecule is CCCCCCCCCCCCCCCCCCCCCCCCCC/C=C/CC/C=C/C(O)C(COC1OC(CO)C(O)C(O)C1O)NC(=O)CC.